The van der Waals surface area contributed by atoms with Crippen molar-refractivity contribution in [3.05, 3.63) is 71.0 Å². The van der Waals surface area contributed by atoms with Gasteiger partial charge < -0.3 is 10.0 Å². The van der Waals surface area contributed by atoms with Crippen LogP contribution >= 0.6 is 0 Å². The van der Waals surface area contributed by atoms with Gasteiger partial charge in [-0.25, -0.2) is 0 Å². The van der Waals surface area contributed by atoms with Gasteiger partial charge in [0.15, 0.2) is 11.5 Å². The standard InChI is InChI=1S/C24H26N2O3/c1-3-20(27)21-22(19-9-5-4-8-16(19)2)26(24(29)23(21)28)18-12-10-17(11-13-18)25-14-6-7-15-25/h4-5,8-13,22,28H,3,6-7,14-15H2,1-2H3. The maximum absolute atomic E-state index is 13.0. The van der Waals surface area contributed by atoms with Crippen molar-refractivity contribution in [1.29, 1.82) is 0 Å². The number of hydrogen-bond acceptors (Lipinski definition) is 4. The summed E-state index contributed by atoms with van der Waals surface area (Å²) in [6.45, 7) is 5.80. The van der Waals surface area contributed by atoms with Crippen molar-refractivity contribution in [1.82, 2.24) is 0 Å². The molecular formula is C24H26N2O3. The van der Waals surface area contributed by atoms with Crippen LogP contribution in [0.15, 0.2) is 59.9 Å². The van der Waals surface area contributed by atoms with Crippen LogP contribution in [0.5, 0.6) is 0 Å². The number of benzene rings is 2. The van der Waals surface area contributed by atoms with E-state index in [9.17, 15) is 14.7 Å². The Kier molecular flexibility index (Phi) is 5.14. The molecule has 4 rings (SSSR count). The van der Waals surface area contributed by atoms with Gasteiger partial charge in [0.25, 0.3) is 5.91 Å². The largest absolute Gasteiger partial charge is 0.503 e. The van der Waals surface area contributed by atoms with E-state index in [0.717, 1.165) is 29.9 Å². The first-order chi connectivity index (χ1) is 14.0. The molecule has 2 aliphatic rings. The number of aryl methyl sites for hydroxylation is 1. The van der Waals surface area contributed by atoms with Crippen LogP contribution in [0.25, 0.3) is 0 Å². The molecule has 5 heteroatoms. The van der Waals surface area contributed by atoms with Gasteiger partial charge in [-0.15, -0.1) is 0 Å². The number of Topliss-reactive ketones (excluding diaryl/α,β-unsaturated/α-hetero) is 1. The number of anilines is 2. The molecule has 1 N–H and O–H groups in total. The molecule has 1 unspecified atom stereocenters. The predicted molar refractivity (Wildman–Crippen MR) is 114 cm³/mol. The molecule has 2 aromatic carbocycles. The molecule has 0 aliphatic carbocycles. The highest BCUT2D eigenvalue weighted by atomic mass is 16.3. The third-order valence-corrected chi connectivity index (χ3v) is 5.91. The number of nitrogens with zero attached hydrogens (tertiary/aromatic N) is 2. The molecule has 0 bridgehead atoms. The van der Waals surface area contributed by atoms with Gasteiger partial charge >= 0.3 is 0 Å². The number of rotatable bonds is 5. The van der Waals surface area contributed by atoms with Crippen molar-refractivity contribution in [3.8, 4) is 0 Å². The summed E-state index contributed by atoms with van der Waals surface area (Å²) in [6, 6.07) is 14.9. The first kappa shape index (κ1) is 19.2. The average Bonchev–Trinajstić information content (AvgIpc) is 3.36. The van der Waals surface area contributed by atoms with E-state index in [2.05, 4.69) is 4.90 Å². The van der Waals surface area contributed by atoms with Crippen LogP contribution in [-0.4, -0.2) is 29.9 Å². The lowest BCUT2D eigenvalue weighted by atomic mass is 9.92. The van der Waals surface area contributed by atoms with Gasteiger partial charge in [0.2, 0.25) is 0 Å². The Morgan fingerprint density at radius 3 is 2.28 bits per heavy atom. The third kappa shape index (κ3) is 3.31. The molecule has 5 nitrogen and oxygen atoms in total. The first-order valence-corrected chi connectivity index (χ1v) is 10.2. The zero-order valence-corrected chi connectivity index (χ0v) is 16.9. The first-order valence-electron chi connectivity index (χ1n) is 10.2. The summed E-state index contributed by atoms with van der Waals surface area (Å²) >= 11 is 0. The van der Waals surface area contributed by atoms with E-state index in [0.29, 0.717) is 5.69 Å². The molecule has 2 aliphatic heterocycles. The van der Waals surface area contributed by atoms with Crippen molar-refractivity contribution in [3.63, 3.8) is 0 Å². The smallest absolute Gasteiger partial charge is 0.294 e. The summed E-state index contributed by atoms with van der Waals surface area (Å²) in [6.07, 6.45) is 2.63. The second kappa shape index (κ2) is 7.74. The van der Waals surface area contributed by atoms with Crippen molar-refractivity contribution in [2.24, 2.45) is 0 Å². The molecule has 1 amide bonds. The highest BCUT2D eigenvalue weighted by Gasteiger charge is 2.44. The van der Waals surface area contributed by atoms with Gasteiger partial charge in [-0.2, -0.15) is 0 Å². The van der Waals surface area contributed by atoms with Crippen LogP contribution in [-0.2, 0) is 9.59 Å². The number of aliphatic hydroxyl groups is 1. The van der Waals surface area contributed by atoms with E-state index < -0.39 is 17.7 Å². The summed E-state index contributed by atoms with van der Waals surface area (Å²) in [5.74, 6) is -1.17. The fraction of sp³-hybridized carbons (Fsp3) is 0.333. The maximum atomic E-state index is 13.0. The normalized spacial score (nSPS) is 19.4. The van der Waals surface area contributed by atoms with E-state index in [1.165, 1.54) is 12.8 Å². The summed E-state index contributed by atoms with van der Waals surface area (Å²) in [4.78, 5) is 29.6. The third-order valence-electron chi connectivity index (χ3n) is 5.91. The van der Waals surface area contributed by atoms with Gasteiger partial charge in [-0.3, -0.25) is 14.5 Å². The van der Waals surface area contributed by atoms with Crippen LogP contribution in [0.2, 0.25) is 0 Å². The Morgan fingerprint density at radius 1 is 1.03 bits per heavy atom. The molecule has 1 saturated heterocycles. The topological polar surface area (TPSA) is 60.9 Å². The minimum absolute atomic E-state index is 0.190. The number of ketones is 1. The summed E-state index contributed by atoms with van der Waals surface area (Å²) in [5.41, 5.74) is 3.82. The molecule has 150 valence electrons. The van der Waals surface area contributed by atoms with Crippen molar-refractivity contribution in [2.75, 3.05) is 22.9 Å². The molecule has 2 aromatic rings. The lowest BCUT2D eigenvalue weighted by Crippen LogP contribution is -2.31. The Bertz CT molecular complexity index is 972. The van der Waals surface area contributed by atoms with Crippen molar-refractivity contribution >= 4 is 23.1 Å². The number of carbonyl (C=O) groups excluding carboxylic acids is 2. The zero-order chi connectivity index (χ0) is 20.5. The maximum Gasteiger partial charge on any atom is 0.294 e. The monoisotopic (exact) mass is 390 g/mol. The molecule has 2 heterocycles. The molecule has 29 heavy (non-hydrogen) atoms. The summed E-state index contributed by atoms with van der Waals surface area (Å²) < 4.78 is 0. The summed E-state index contributed by atoms with van der Waals surface area (Å²) in [7, 11) is 0. The van der Waals surface area contributed by atoms with Crippen LogP contribution in [0.1, 0.15) is 43.4 Å². The highest BCUT2D eigenvalue weighted by Crippen LogP contribution is 2.42. The number of carbonyl (C=O) groups is 2. The second-order valence-corrected chi connectivity index (χ2v) is 7.68. The van der Waals surface area contributed by atoms with E-state index >= 15 is 0 Å². The molecule has 1 fully saturated rings. The van der Waals surface area contributed by atoms with E-state index in [4.69, 9.17) is 0 Å². The van der Waals surface area contributed by atoms with Crippen LogP contribution in [0.4, 0.5) is 11.4 Å². The van der Waals surface area contributed by atoms with E-state index in [1.807, 2.05) is 55.5 Å². The minimum Gasteiger partial charge on any atom is -0.503 e. The molecule has 0 aromatic heterocycles. The molecular weight excluding hydrogens is 364 g/mol. The van der Waals surface area contributed by atoms with Gasteiger partial charge in [0.1, 0.15) is 0 Å². The highest BCUT2D eigenvalue weighted by molar-refractivity contribution is 6.16. The number of amides is 1. The van der Waals surface area contributed by atoms with Crippen LogP contribution in [0, 0.1) is 6.92 Å². The fourth-order valence-corrected chi connectivity index (χ4v) is 4.33. The average molecular weight is 390 g/mol. The molecule has 0 radical (unpaired) electrons. The SMILES string of the molecule is CCC(=O)C1=C(O)C(=O)N(c2ccc(N3CCCC3)cc2)C1c1ccccc1C. The zero-order valence-electron chi connectivity index (χ0n) is 16.9. The van der Waals surface area contributed by atoms with Gasteiger partial charge in [-0.1, -0.05) is 31.2 Å². The molecule has 1 atom stereocenters. The van der Waals surface area contributed by atoms with Crippen LogP contribution < -0.4 is 9.80 Å². The lowest BCUT2D eigenvalue weighted by Gasteiger charge is -2.28. The van der Waals surface area contributed by atoms with E-state index in [-0.39, 0.29) is 17.8 Å². The lowest BCUT2D eigenvalue weighted by molar-refractivity contribution is -0.118. The fourth-order valence-electron chi connectivity index (χ4n) is 4.33. The van der Waals surface area contributed by atoms with Crippen molar-refractivity contribution in [2.45, 2.75) is 39.2 Å². The van der Waals surface area contributed by atoms with Crippen LogP contribution in [0.3, 0.4) is 0 Å². The van der Waals surface area contributed by atoms with E-state index in [1.54, 1.807) is 11.8 Å². The van der Waals surface area contributed by atoms with Crippen molar-refractivity contribution < 1.29 is 14.7 Å². The molecule has 0 saturated carbocycles. The number of aliphatic hydroxyl groups excluding tert-OH is 1. The Hall–Kier alpha value is -3.08. The second-order valence-electron chi connectivity index (χ2n) is 7.68. The van der Waals surface area contributed by atoms with Gasteiger partial charge in [0, 0.05) is 30.9 Å². The molecule has 0 spiro atoms. The van der Waals surface area contributed by atoms with Gasteiger partial charge in [-0.05, 0) is 55.2 Å². The minimum atomic E-state index is -0.617. The summed E-state index contributed by atoms with van der Waals surface area (Å²) in [5, 5.41) is 10.6. The predicted octanol–water partition coefficient (Wildman–Crippen LogP) is 4.47. The Labute approximate surface area is 171 Å². The Balaban J connectivity index is 1.77. The van der Waals surface area contributed by atoms with Gasteiger partial charge in [0.05, 0.1) is 11.6 Å². The number of hydrogen-bond donors (Lipinski definition) is 1. The quantitative estimate of drug-likeness (QED) is 0.818. The Morgan fingerprint density at radius 2 is 1.66 bits per heavy atom.